The lowest BCUT2D eigenvalue weighted by atomic mass is 10.1. The average Bonchev–Trinajstić information content (AvgIpc) is 2.68. The van der Waals surface area contributed by atoms with Gasteiger partial charge in [0.05, 0.1) is 23.9 Å². The SMILES string of the molecule is COC(=O)c1cc(C)nc(-c2c[nH]n(C)c2=O)c1.Cl. The second-order valence-electron chi connectivity index (χ2n) is 3.93. The molecule has 7 heteroatoms. The Balaban J connectivity index is 0.00000180. The summed E-state index contributed by atoms with van der Waals surface area (Å²) in [6.45, 7) is 1.76. The highest BCUT2D eigenvalue weighted by atomic mass is 35.5. The van der Waals surface area contributed by atoms with Crippen LogP contribution in [0.15, 0.2) is 23.1 Å². The summed E-state index contributed by atoms with van der Waals surface area (Å²) < 4.78 is 6.00. The zero-order valence-corrected chi connectivity index (χ0v) is 11.6. The minimum Gasteiger partial charge on any atom is -0.465 e. The number of aryl methyl sites for hydroxylation is 2. The number of methoxy groups -OCH3 is 1. The first-order valence-electron chi connectivity index (χ1n) is 5.34. The predicted molar refractivity (Wildman–Crippen MR) is 72.6 cm³/mol. The van der Waals surface area contributed by atoms with E-state index in [-0.39, 0.29) is 18.0 Å². The Morgan fingerprint density at radius 3 is 2.63 bits per heavy atom. The van der Waals surface area contributed by atoms with Gasteiger partial charge >= 0.3 is 5.97 Å². The van der Waals surface area contributed by atoms with Gasteiger partial charge in [-0.1, -0.05) is 0 Å². The Morgan fingerprint density at radius 2 is 2.11 bits per heavy atom. The second kappa shape index (κ2) is 5.71. The van der Waals surface area contributed by atoms with Crippen LogP contribution in [-0.4, -0.2) is 27.8 Å². The summed E-state index contributed by atoms with van der Waals surface area (Å²) in [7, 11) is 2.93. The number of pyridine rings is 1. The molecule has 1 N–H and O–H groups in total. The number of nitrogens with one attached hydrogen (secondary N) is 1. The number of aromatic amines is 1. The van der Waals surface area contributed by atoms with Crippen LogP contribution in [0.3, 0.4) is 0 Å². The van der Waals surface area contributed by atoms with Crippen molar-refractivity contribution in [3.8, 4) is 11.3 Å². The molecule has 0 atom stereocenters. The van der Waals surface area contributed by atoms with Crippen molar-refractivity contribution in [2.45, 2.75) is 6.92 Å². The van der Waals surface area contributed by atoms with Crippen molar-refractivity contribution in [2.24, 2.45) is 7.05 Å². The van der Waals surface area contributed by atoms with Crippen LogP contribution in [0.1, 0.15) is 16.1 Å². The third kappa shape index (κ3) is 2.85. The van der Waals surface area contributed by atoms with Crippen LogP contribution in [0, 0.1) is 6.92 Å². The lowest BCUT2D eigenvalue weighted by molar-refractivity contribution is 0.0600. The summed E-state index contributed by atoms with van der Waals surface area (Å²) in [6.07, 6.45) is 1.56. The van der Waals surface area contributed by atoms with Gasteiger partial charge in [-0.25, -0.2) is 4.79 Å². The fourth-order valence-electron chi connectivity index (χ4n) is 1.69. The molecule has 19 heavy (non-hydrogen) atoms. The van der Waals surface area contributed by atoms with Crippen molar-refractivity contribution >= 4 is 18.4 Å². The topological polar surface area (TPSA) is 77.0 Å². The molecule has 0 bridgehead atoms. The molecule has 0 saturated heterocycles. The molecular formula is C12H14ClN3O3. The van der Waals surface area contributed by atoms with Crippen molar-refractivity contribution in [3.05, 3.63) is 39.9 Å². The van der Waals surface area contributed by atoms with E-state index in [2.05, 4.69) is 14.8 Å². The summed E-state index contributed by atoms with van der Waals surface area (Å²) in [5.74, 6) is -0.450. The highest BCUT2D eigenvalue weighted by Gasteiger charge is 2.13. The molecule has 0 aliphatic rings. The second-order valence-corrected chi connectivity index (χ2v) is 3.93. The number of ether oxygens (including phenoxy) is 1. The van der Waals surface area contributed by atoms with Gasteiger partial charge in [0, 0.05) is 18.9 Å². The standard InChI is InChI=1S/C12H13N3O3.ClH/c1-7-4-8(12(17)18-3)5-10(14-7)9-6-13-15(2)11(9)16;/h4-6,13H,1-3H3;1H. The molecule has 0 aromatic carbocycles. The van der Waals surface area contributed by atoms with Crippen molar-refractivity contribution in [3.63, 3.8) is 0 Å². The number of esters is 1. The molecule has 0 radical (unpaired) electrons. The number of nitrogens with zero attached hydrogens (tertiary/aromatic N) is 2. The van der Waals surface area contributed by atoms with Crippen molar-refractivity contribution in [1.29, 1.82) is 0 Å². The van der Waals surface area contributed by atoms with E-state index in [1.165, 1.54) is 11.8 Å². The zero-order chi connectivity index (χ0) is 13.3. The monoisotopic (exact) mass is 283 g/mol. The van der Waals surface area contributed by atoms with Crippen molar-refractivity contribution < 1.29 is 9.53 Å². The Kier molecular flexibility index (Phi) is 4.50. The smallest absolute Gasteiger partial charge is 0.337 e. The van der Waals surface area contributed by atoms with Crippen LogP contribution < -0.4 is 5.56 Å². The van der Waals surface area contributed by atoms with Gasteiger partial charge in [0.2, 0.25) is 0 Å². The van der Waals surface area contributed by atoms with E-state index in [0.29, 0.717) is 22.5 Å². The van der Waals surface area contributed by atoms with Crippen LogP contribution >= 0.6 is 12.4 Å². The van der Waals surface area contributed by atoms with Crippen LogP contribution in [0.4, 0.5) is 0 Å². The maximum absolute atomic E-state index is 11.8. The molecule has 0 aliphatic carbocycles. The molecule has 102 valence electrons. The molecule has 0 amide bonds. The molecule has 0 saturated carbocycles. The van der Waals surface area contributed by atoms with Gasteiger partial charge in [0.15, 0.2) is 0 Å². The molecular weight excluding hydrogens is 270 g/mol. The van der Waals surface area contributed by atoms with E-state index < -0.39 is 5.97 Å². The third-order valence-corrected chi connectivity index (χ3v) is 2.59. The largest absolute Gasteiger partial charge is 0.465 e. The lowest BCUT2D eigenvalue weighted by Gasteiger charge is -2.03. The minimum absolute atomic E-state index is 0. The normalized spacial score (nSPS) is 9.84. The first-order chi connectivity index (χ1) is 8.52. The van der Waals surface area contributed by atoms with Crippen LogP contribution in [0.5, 0.6) is 0 Å². The van der Waals surface area contributed by atoms with Gasteiger partial charge in [0.1, 0.15) is 0 Å². The quantitative estimate of drug-likeness (QED) is 0.843. The van der Waals surface area contributed by atoms with Gasteiger partial charge in [0.25, 0.3) is 5.56 Å². The van der Waals surface area contributed by atoms with Crippen LogP contribution in [0.2, 0.25) is 0 Å². The van der Waals surface area contributed by atoms with Crippen LogP contribution in [-0.2, 0) is 11.8 Å². The molecule has 2 aromatic rings. The highest BCUT2D eigenvalue weighted by Crippen LogP contribution is 2.15. The molecule has 2 rings (SSSR count). The number of hydrogen-bond donors (Lipinski definition) is 1. The molecule has 0 unspecified atom stereocenters. The van der Waals surface area contributed by atoms with Gasteiger partial charge in [-0.15, -0.1) is 12.4 Å². The zero-order valence-electron chi connectivity index (χ0n) is 10.8. The summed E-state index contributed by atoms with van der Waals surface area (Å²) in [5.41, 5.74) is 1.71. The number of rotatable bonds is 2. The maximum atomic E-state index is 11.8. The summed E-state index contributed by atoms with van der Waals surface area (Å²) >= 11 is 0. The number of H-pyrrole nitrogens is 1. The molecule has 6 nitrogen and oxygen atoms in total. The van der Waals surface area contributed by atoms with Crippen LogP contribution in [0.25, 0.3) is 11.3 Å². The van der Waals surface area contributed by atoms with E-state index in [4.69, 9.17) is 0 Å². The third-order valence-electron chi connectivity index (χ3n) is 2.59. The Labute approximate surface area is 115 Å². The van der Waals surface area contributed by atoms with E-state index in [1.54, 1.807) is 32.3 Å². The van der Waals surface area contributed by atoms with E-state index >= 15 is 0 Å². The number of hydrogen-bond acceptors (Lipinski definition) is 4. The molecule has 2 heterocycles. The van der Waals surface area contributed by atoms with Gasteiger partial charge < -0.3 is 9.84 Å². The Morgan fingerprint density at radius 1 is 1.42 bits per heavy atom. The maximum Gasteiger partial charge on any atom is 0.337 e. The Bertz CT molecular complexity index is 660. The number of halogens is 1. The molecule has 0 spiro atoms. The first-order valence-corrected chi connectivity index (χ1v) is 5.34. The first kappa shape index (κ1) is 15.0. The van der Waals surface area contributed by atoms with Crippen molar-refractivity contribution in [1.82, 2.24) is 14.8 Å². The molecule has 0 fully saturated rings. The summed E-state index contributed by atoms with van der Waals surface area (Å²) in [4.78, 5) is 27.6. The fourth-order valence-corrected chi connectivity index (χ4v) is 1.69. The Hall–Kier alpha value is -2.08. The van der Waals surface area contributed by atoms with Gasteiger partial charge in [-0.3, -0.25) is 14.5 Å². The fraction of sp³-hybridized carbons (Fsp3) is 0.250. The average molecular weight is 284 g/mol. The van der Waals surface area contributed by atoms with Gasteiger partial charge in [-0.2, -0.15) is 0 Å². The highest BCUT2D eigenvalue weighted by molar-refractivity contribution is 5.90. The summed E-state index contributed by atoms with van der Waals surface area (Å²) in [5, 5.41) is 2.77. The predicted octanol–water partition coefficient (Wildman–Crippen LogP) is 1.29. The van der Waals surface area contributed by atoms with E-state index in [0.717, 1.165) is 0 Å². The number of carbonyl (C=O) groups excluding carboxylic acids is 1. The van der Waals surface area contributed by atoms with E-state index in [1.807, 2.05) is 0 Å². The summed E-state index contributed by atoms with van der Waals surface area (Å²) in [6, 6.07) is 3.16. The number of carbonyl (C=O) groups is 1. The van der Waals surface area contributed by atoms with Crippen molar-refractivity contribution in [2.75, 3.05) is 7.11 Å². The van der Waals surface area contributed by atoms with E-state index in [9.17, 15) is 9.59 Å². The number of aromatic nitrogens is 3. The lowest BCUT2D eigenvalue weighted by Crippen LogP contribution is -2.14. The van der Waals surface area contributed by atoms with Gasteiger partial charge in [-0.05, 0) is 19.1 Å². The molecule has 0 aliphatic heterocycles. The minimum atomic E-state index is -0.450. The molecule has 2 aromatic heterocycles.